The first-order valence-corrected chi connectivity index (χ1v) is 9.54. The largest absolute Gasteiger partial charge is 0.390 e. The maximum atomic E-state index is 10.5. The molecule has 1 unspecified atom stereocenters. The molecule has 1 atom stereocenters. The molecule has 0 radical (unpaired) electrons. The van der Waals surface area contributed by atoms with Gasteiger partial charge in [0.15, 0.2) is 5.65 Å². The van der Waals surface area contributed by atoms with Crippen LogP contribution in [0.15, 0.2) is 16.7 Å². The predicted molar refractivity (Wildman–Crippen MR) is 104 cm³/mol. The summed E-state index contributed by atoms with van der Waals surface area (Å²) in [7, 11) is 0. The lowest BCUT2D eigenvalue weighted by molar-refractivity contribution is 0.0171. The van der Waals surface area contributed by atoms with Gasteiger partial charge in [0.2, 0.25) is 0 Å². The number of aromatic nitrogens is 4. The Bertz CT molecular complexity index is 960. The predicted octanol–water partition coefficient (Wildman–Crippen LogP) is 1.41. The van der Waals surface area contributed by atoms with Crippen LogP contribution in [0.25, 0.3) is 17.0 Å². The number of nitrogens with one attached hydrogen (secondary N) is 1. The van der Waals surface area contributed by atoms with Crippen molar-refractivity contribution in [2.75, 3.05) is 44.7 Å². The van der Waals surface area contributed by atoms with Crippen LogP contribution in [0.3, 0.4) is 0 Å². The summed E-state index contributed by atoms with van der Waals surface area (Å²) in [5, 5.41) is 22.5. The van der Waals surface area contributed by atoms with Crippen molar-refractivity contribution in [1.82, 2.24) is 24.7 Å². The zero-order valence-electron chi connectivity index (χ0n) is 16.5. The van der Waals surface area contributed by atoms with Crippen LogP contribution in [-0.4, -0.2) is 75.3 Å². The van der Waals surface area contributed by atoms with E-state index in [9.17, 15) is 5.11 Å². The highest BCUT2D eigenvalue weighted by molar-refractivity contribution is 5.64. The number of rotatable bonds is 6. The van der Waals surface area contributed by atoms with E-state index in [2.05, 4.69) is 25.5 Å². The standard InChI is InChI=1S/C19H26N6O3/c1-12-8-17(23-28-12)16-9-18-21-14(3)13(2)19(25(18)22-16)20-10-15(26)11-24-4-6-27-7-5-24/h8-9,15,20,26H,4-7,10-11H2,1-3H3. The summed E-state index contributed by atoms with van der Waals surface area (Å²) in [6.45, 7) is 10.0. The van der Waals surface area contributed by atoms with E-state index in [0.717, 1.165) is 54.8 Å². The van der Waals surface area contributed by atoms with E-state index in [4.69, 9.17) is 9.26 Å². The normalized spacial score (nSPS) is 16.6. The Balaban J connectivity index is 1.55. The fourth-order valence-electron chi connectivity index (χ4n) is 3.38. The van der Waals surface area contributed by atoms with Crippen molar-refractivity contribution < 1.29 is 14.4 Å². The first-order chi connectivity index (χ1) is 13.5. The molecule has 2 N–H and O–H groups in total. The second kappa shape index (κ2) is 7.86. The monoisotopic (exact) mass is 386 g/mol. The highest BCUT2D eigenvalue weighted by Gasteiger charge is 2.18. The van der Waals surface area contributed by atoms with Gasteiger partial charge in [-0.05, 0) is 20.8 Å². The van der Waals surface area contributed by atoms with Crippen LogP contribution >= 0.6 is 0 Å². The molecule has 4 heterocycles. The minimum absolute atomic E-state index is 0.426. The lowest BCUT2D eigenvalue weighted by Crippen LogP contribution is -2.42. The van der Waals surface area contributed by atoms with Gasteiger partial charge in [-0.2, -0.15) is 9.61 Å². The van der Waals surface area contributed by atoms with Crippen molar-refractivity contribution in [2.24, 2.45) is 0 Å². The van der Waals surface area contributed by atoms with Crippen LogP contribution in [0.4, 0.5) is 5.82 Å². The van der Waals surface area contributed by atoms with Crippen LogP contribution < -0.4 is 5.32 Å². The van der Waals surface area contributed by atoms with E-state index in [1.54, 1.807) is 4.52 Å². The number of aryl methyl sites for hydroxylation is 2. The molecular weight excluding hydrogens is 360 g/mol. The molecule has 0 amide bonds. The van der Waals surface area contributed by atoms with Crippen LogP contribution in [0.1, 0.15) is 17.0 Å². The van der Waals surface area contributed by atoms with Gasteiger partial charge in [0.05, 0.1) is 19.3 Å². The maximum Gasteiger partial charge on any atom is 0.158 e. The zero-order chi connectivity index (χ0) is 19.7. The van der Waals surface area contributed by atoms with Gasteiger partial charge in [-0.1, -0.05) is 5.16 Å². The van der Waals surface area contributed by atoms with Gasteiger partial charge in [0.1, 0.15) is 23.0 Å². The Hall–Kier alpha value is -2.49. The molecule has 28 heavy (non-hydrogen) atoms. The summed E-state index contributed by atoms with van der Waals surface area (Å²) in [6, 6.07) is 3.74. The molecule has 0 bridgehead atoms. The molecule has 0 saturated carbocycles. The average Bonchev–Trinajstić information content (AvgIpc) is 3.29. The van der Waals surface area contributed by atoms with E-state index >= 15 is 0 Å². The van der Waals surface area contributed by atoms with Gasteiger partial charge in [0.25, 0.3) is 0 Å². The Morgan fingerprint density at radius 3 is 2.68 bits per heavy atom. The van der Waals surface area contributed by atoms with Gasteiger partial charge >= 0.3 is 0 Å². The van der Waals surface area contributed by atoms with Crippen LogP contribution in [0.5, 0.6) is 0 Å². The number of hydrogen-bond acceptors (Lipinski definition) is 8. The molecule has 150 valence electrons. The molecule has 1 aliphatic heterocycles. The Kier molecular flexibility index (Phi) is 5.29. The third kappa shape index (κ3) is 3.87. The number of ether oxygens (including phenoxy) is 1. The first-order valence-electron chi connectivity index (χ1n) is 9.54. The van der Waals surface area contributed by atoms with E-state index in [0.29, 0.717) is 24.5 Å². The summed E-state index contributed by atoms with van der Waals surface area (Å²) >= 11 is 0. The van der Waals surface area contributed by atoms with Gasteiger partial charge in [-0.3, -0.25) is 4.90 Å². The first kappa shape index (κ1) is 18.9. The molecule has 1 fully saturated rings. The number of fused-ring (bicyclic) bond motifs is 1. The molecule has 3 aromatic heterocycles. The highest BCUT2D eigenvalue weighted by atomic mass is 16.5. The smallest absolute Gasteiger partial charge is 0.158 e. The molecule has 0 aromatic carbocycles. The molecule has 1 saturated heterocycles. The Labute approximate surface area is 163 Å². The molecule has 0 spiro atoms. The second-order valence-corrected chi connectivity index (χ2v) is 7.24. The number of β-amino-alcohol motifs (C(OH)–C–C–N with tert-alkyl or cyclic N) is 1. The number of hydrogen-bond donors (Lipinski definition) is 2. The van der Waals surface area contributed by atoms with Crippen molar-refractivity contribution in [3.63, 3.8) is 0 Å². The number of morpholine rings is 1. The maximum absolute atomic E-state index is 10.5. The Morgan fingerprint density at radius 2 is 1.96 bits per heavy atom. The van der Waals surface area contributed by atoms with Crippen LogP contribution in [-0.2, 0) is 4.74 Å². The summed E-state index contributed by atoms with van der Waals surface area (Å²) in [6.07, 6.45) is -0.491. The van der Waals surface area contributed by atoms with Crippen molar-refractivity contribution >= 4 is 11.5 Å². The summed E-state index contributed by atoms with van der Waals surface area (Å²) < 4.78 is 12.3. The topological polar surface area (TPSA) is 101 Å². The summed E-state index contributed by atoms with van der Waals surface area (Å²) in [4.78, 5) is 6.84. The molecular formula is C19H26N6O3. The van der Waals surface area contributed by atoms with Crippen LogP contribution in [0, 0.1) is 20.8 Å². The van der Waals surface area contributed by atoms with Crippen LogP contribution in [0.2, 0.25) is 0 Å². The molecule has 3 aromatic rings. The second-order valence-electron chi connectivity index (χ2n) is 7.24. The fraction of sp³-hybridized carbons (Fsp3) is 0.526. The average molecular weight is 386 g/mol. The SMILES string of the molecule is Cc1cc(-c2cc3nc(C)c(C)c(NCC(O)CN4CCOCC4)n3n2)no1. The lowest BCUT2D eigenvalue weighted by atomic mass is 10.2. The third-order valence-corrected chi connectivity index (χ3v) is 5.05. The molecule has 9 heteroatoms. The molecule has 0 aliphatic carbocycles. The number of aliphatic hydroxyl groups is 1. The number of anilines is 1. The zero-order valence-corrected chi connectivity index (χ0v) is 16.5. The van der Waals surface area contributed by atoms with E-state index in [-0.39, 0.29) is 0 Å². The molecule has 1 aliphatic rings. The summed E-state index contributed by atoms with van der Waals surface area (Å²) in [5.41, 5.74) is 4.02. The lowest BCUT2D eigenvalue weighted by Gasteiger charge is -2.28. The number of nitrogens with zero attached hydrogens (tertiary/aromatic N) is 5. The third-order valence-electron chi connectivity index (χ3n) is 5.05. The summed E-state index contributed by atoms with van der Waals surface area (Å²) in [5.74, 6) is 1.56. The molecule has 4 rings (SSSR count). The van der Waals surface area contributed by atoms with E-state index < -0.39 is 6.10 Å². The fourth-order valence-corrected chi connectivity index (χ4v) is 3.38. The quantitative estimate of drug-likeness (QED) is 0.656. The highest BCUT2D eigenvalue weighted by Crippen LogP contribution is 2.24. The van der Waals surface area contributed by atoms with Gasteiger partial charge in [0, 0.05) is 49.6 Å². The van der Waals surface area contributed by atoms with Gasteiger partial charge in [-0.25, -0.2) is 4.98 Å². The van der Waals surface area contributed by atoms with E-state index in [1.165, 1.54) is 0 Å². The Morgan fingerprint density at radius 1 is 1.18 bits per heavy atom. The molecule has 9 nitrogen and oxygen atoms in total. The van der Waals surface area contributed by atoms with Crippen molar-refractivity contribution in [1.29, 1.82) is 0 Å². The minimum Gasteiger partial charge on any atom is -0.390 e. The minimum atomic E-state index is -0.491. The van der Waals surface area contributed by atoms with Gasteiger partial charge < -0.3 is 19.7 Å². The van der Waals surface area contributed by atoms with Gasteiger partial charge in [-0.15, -0.1) is 0 Å². The van der Waals surface area contributed by atoms with Crippen molar-refractivity contribution in [2.45, 2.75) is 26.9 Å². The van der Waals surface area contributed by atoms with Crippen molar-refractivity contribution in [3.8, 4) is 11.4 Å². The van der Waals surface area contributed by atoms with E-state index in [1.807, 2.05) is 32.9 Å². The number of aliphatic hydroxyl groups excluding tert-OH is 1. The van der Waals surface area contributed by atoms with Crippen molar-refractivity contribution in [3.05, 3.63) is 29.2 Å².